The van der Waals surface area contributed by atoms with Crippen molar-refractivity contribution in [2.75, 3.05) is 18.0 Å². The minimum atomic E-state index is 0.363. The van der Waals surface area contributed by atoms with Gasteiger partial charge in [0.2, 0.25) is 0 Å². The Hall–Kier alpha value is -1.89. The van der Waals surface area contributed by atoms with Crippen LogP contribution in [0.5, 0.6) is 0 Å². The van der Waals surface area contributed by atoms with Crippen LogP contribution < -0.4 is 10.6 Å². The Morgan fingerprint density at radius 1 is 1.21 bits per heavy atom. The van der Waals surface area contributed by atoms with E-state index in [2.05, 4.69) is 25.1 Å². The van der Waals surface area contributed by atoms with Gasteiger partial charge >= 0.3 is 0 Å². The van der Waals surface area contributed by atoms with Gasteiger partial charge in [-0.25, -0.2) is 9.97 Å². The Morgan fingerprint density at radius 2 is 2.00 bits per heavy atom. The van der Waals surface area contributed by atoms with Crippen LogP contribution in [0.4, 0.5) is 5.82 Å². The van der Waals surface area contributed by atoms with Crippen molar-refractivity contribution >= 4 is 40.2 Å². The molecular weight excluding hydrogens is 347 g/mol. The molecule has 24 heavy (non-hydrogen) atoms. The summed E-state index contributed by atoms with van der Waals surface area (Å²) in [6, 6.07) is 5.82. The van der Waals surface area contributed by atoms with Gasteiger partial charge in [0, 0.05) is 24.7 Å². The number of hydrogen-bond donors (Lipinski definition) is 2. The first-order chi connectivity index (χ1) is 11.6. The van der Waals surface area contributed by atoms with Crippen molar-refractivity contribution < 1.29 is 0 Å². The molecule has 5 rings (SSSR count). The number of nitrogens with two attached hydrogens (primary N) is 1. The van der Waals surface area contributed by atoms with Crippen molar-refractivity contribution in [1.82, 2.24) is 20.2 Å². The predicted octanol–water partition coefficient (Wildman–Crippen LogP) is 2.72. The van der Waals surface area contributed by atoms with E-state index in [0.29, 0.717) is 44.8 Å². The number of aromatic nitrogens is 4. The van der Waals surface area contributed by atoms with E-state index < -0.39 is 0 Å². The first kappa shape index (κ1) is 14.5. The van der Waals surface area contributed by atoms with E-state index >= 15 is 0 Å². The minimum absolute atomic E-state index is 0.363. The fourth-order valence-electron chi connectivity index (χ4n) is 3.58. The number of H-pyrrole nitrogens is 1. The first-order valence-electron chi connectivity index (χ1n) is 7.79. The van der Waals surface area contributed by atoms with Crippen molar-refractivity contribution in [2.45, 2.75) is 6.04 Å². The van der Waals surface area contributed by atoms with E-state index in [4.69, 9.17) is 28.9 Å². The topological polar surface area (TPSA) is 83.7 Å². The highest BCUT2D eigenvalue weighted by atomic mass is 35.5. The van der Waals surface area contributed by atoms with Gasteiger partial charge in [-0.2, -0.15) is 5.10 Å². The van der Waals surface area contributed by atoms with E-state index in [1.807, 2.05) is 12.1 Å². The molecule has 122 valence electrons. The van der Waals surface area contributed by atoms with E-state index in [1.54, 1.807) is 12.3 Å². The number of piperidine rings is 1. The van der Waals surface area contributed by atoms with Gasteiger partial charge in [-0.05, 0) is 17.9 Å². The Morgan fingerprint density at radius 3 is 2.79 bits per heavy atom. The number of nitrogens with one attached hydrogen (secondary N) is 1. The number of hydrogen-bond acceptors (Lipinski definition) is 5. The number of anilines is 1. The molecule has 2 fully saturated rings. The summed E-state index contributed by atoms with van der Waals surface area (Å²) in [5, 5.41) is 8.24. The molecule has 3 N–H and O–H groups in total. The van der Waals surface area contributed by atoms with E-state index in [9.17, 15) is 0 Å². The Bertz CT molecular complexity index is 943. The van der Waals surface area contributed by atoms with Crippen LogP contribution in [0.3, 0.4) is 0 Å². The third kappa shape index (κ3) is 2.03. The average molecular weight is 361 g/mol. The minimum Gasteiger partial charge on any atom is -0.355 e. The van der Waals surface area contributed by atoms with Gasteiger partial charge in [-0.1, -0.05) is 35.3 Å². The molecule has 0 unspecified atom stereocenters. The SMILES string of the molecule is N[C@@H]1[C@H]2CN(c3cnc4c(-c5cccc(Cl)c5Cl)n[nH]c4n3)C[C@@H]12. The zero-order valence-electron chi connectivity index (χ0n) is 12.6. The molecule has 3 atom stereocenters. The molecule has 1 aliphatic carbocycles. The molecule has 3 heterocycles. The number of aromatic amines is 1. The van der Waals surface area contributed by atoms with Crippen molar-refractivity contribution in [3.8, 4) is 11.3 Å². The lowest BCUT2D eigenvalue weighted by Gasteiger charge is -2.19. The largest absolute Gasteiger partial charge is 0.355 e. The third-order valence-electron chi connectivity index (χ3n) is 5.05. The Balaban J connectivity index is 1.53. The molecule has 0 radical (unpaired) electrons. The fourth-order valence-corrected chi connectivity index (χ4v) is 3.97. The molecule has 1 aliphatic heterocycles. The molecule has 0 bridgehead atoms. The van der Waals surface area contributed by atoms with E-state index in [-0.39, 0.29) is 0 Å². The van der Waals surface area contributed by atoms with Crippen LogP contribution in [0.25, 0.3) is 22.4 Å². The van der Waals surface area contributed by atoms with Crippen LogP contribution in [0, 0.1) is 11.8 Å². The summed E-state index contributed by atoms with van der Waals surface area (Å²) < 4.78 is 0. The van der Waals surface area contributed by atoms with Crippen molar-refractivity contribution in [3.63, 3.8) is 0 Å². The number of benzene rings is 1. The summed E-state index contributed by atoms with van der Waals surface area (Å²) in [5.41, 5.74) is 8.72. The maximum atomic E-state index is 6.30. The first-order valence-corrected chi connectivity index (χ1v) is 8.55. The Labute approximate surface area is 148 Å². The van der Waals surface area contributed by atoms with Crippen LogP contribution >= 0.6 is 23.2 Å². The highest BCUT2D eigenvalue weighted by Crippen LogP contribution is 2.45. The lowest BCUT2D eigenvalue weighted by atomic mass is 10.1. The quantitative estimate of drug-likeness (QED) is 0.733. The summed E-state index contributed by atoms with van der Waals surface area (Å²) >= 11 is 12.4. The zero-order valence-corrected chi connectivity index (χ0v) is 14.1. The molecule has 3 aromatic rings. The molecule has 1 aromatic carbocycles. The molecule has 1 saturated heterocycles. The summed E-state index contributed by atoms with van der Waals surface area (Å²) in [6.45, 7) is 1.90. The fraction of sp³-hybridized carbons (Fsp3) is 0.312. The second-order valence-electron chi connectivity index (χ2n) is 6.41. The summed E-state index contributed by atoms with van der Waals surface area (Å²) in [7, 11) is 0. The molecule has 0 spiro atoms. The molecule has 8 heteroatoms. The van der Waals surface area contributed by atoms with E-state index in [1.165, 1.54) is 0 Å². The molecule has 0 amide bonds. The third-order valence-corrected chi connectivity index (χ3v) is 5.87. The van der Waals surface area contributed by atoms with Gasteiger partial charge in [0.05, 0.1) is 16.2 Å². The second kappa shape index (κ2) is 5.05. The molecular formula is C16H14Cl2N6. The smallest absolute Gasteiger partial charge is 0.177 e. The van der Waals surface area contributed by atoms with Crippen molar-refractivity contribution in [2.24, 2.45) is 17.6 Å². The van der Waals surface area contributed by atoms with Crippen LogP contribution in [-0.2, 0) is 0 Å². The number of fused-ring (bicyclic) bond motifs is 2. The van der Waals surface area contributed by atoms with Crippen LogP contribution in [0.1, 0.15) is 0 Å². The highest BCUT2D eigenvalue weighted by molar-refractivity contribution is 6.43. The van der Waals surface area contributed by atoms with Gasteiger partial charge in [0.25, 0.3) is 0 Å². The normalized spacial score (nSPS) is 25.3. The second-order valence-corrected chi connectivity index (χ2v) is 7.19. The highest BCUT2D eigenvalue weighted by Gasteiger charge is 2.53. The maximum absolute atomic E-state index is 6.30. The average Bonchev–Trinajstić information content (AvgIpc) is 3.00. The lowest BCUT2D eigenvalue weighted by molar-refractivity contribution is 0.735. The number of nitrogens with zero attached hydrogens (tertiary/aromatic N) is 4. The van der Waals surface area contributed by atoms with E-state index in [0.717, 1.165) is 24.5 Å². The number of halogens is 2. The zero-order chi connectivity index (χ0) is 16.4. The van der Waals surface area contributed by atoms with Crippen molar-refractivity contribution in [3.05, 3.63) is 34.4 Å². The standard InChI is InChI=1S/C16H14Cl2N6/c17-10-3-1-2-7(12(10)18)14-15-16(23-22-14)21-11(4-20-15)24-5-8-9(6-24)13(8)19/h1-4,8-9,13H,5-6,19H2,(H,21,22,23)/t8-,9+,13+. The van der Waals surface area contributed by atoms with Crippen LogP contribution in [0.15, 0.2) is 24.4 Å². The van der Waals surface area contributed by atoms with Gasteiger partial charge in [0.15, 0.2) is 5.65 Å². The van der Waals surface area contributed by atoms with Crippen molar-refractivity contribution in [1.29, 1.82) is 0 Å². The predicted molar refractivity (Wildman–Crippen MR) is 94.3 cm³/mol. The summed E-state index contributed by atoms with van der Waals surface area (Å²) in [5.74, 6) is 2.06. The lowest BCUT2D eigenvalue weighted by Crippen LogP contribution is -2.28. The Kier molecular flexibility index (Phi) is 3.04. The summed E-state index contributed by atoms with van der Waals surface area (Å²) in [6.07, 6.45) is 1.79. The number of rotatable bonds is 2. The maximum Gasteiger partial charge on any atom is 0.177 e. The molecule has 2 aliphatic rings. The molecule has 1 saturated carbocycles. The van der Waals surface area contributed by atoms with Crippen LogP contribution in [0.2, 0.25) is 10.0 Å². The van der Waals surface area contributed by atoms with Gasteiger partial charge in [0.1, 0.15) is 17.0 Å². The van der Waals surface area contributed by atoms with Gasteiger partial charge in [-0.15, -0.1) is 0 Å². The molecule has 2 aromatic heterocycles. The summed E-state index contributed by atoms with van der Waals surface area (Å²) in [4.78, 5) is 11.5. The molecule has 6 nitrogen and oxygen atoms in total. The van der Waals surface area contributed by atoms with Crippen LogP contribution in [-0.4, -0.2) is 39.3 Å². The van der Waals surface area contributed by atoms with Gasteiger partial charge < -0.3 is 10.6 Å². The van der Waals surface area contributed by atoms with Gasteiger partial charge in [-0.3, -0.25) is 5.10 Å². The monoisotopic (exact) mass is 360 g/mol.